The maximum atomic E-state index is 12.9. The first-order chi connectivity index (χ1) is 8.61. The first-order valence-corrected chi connectivity index (χ1v) is 6.77. The predicted molar refractivity (Wildman–Crippen MR) is 72.9 cm³/mol. The second kappa shape index (κ2) is 5.81. The number of hydrogen-bond acceptors (Lipinski definition) is 2. The summed E-state index contributed by atoms with van der Waals surface area (Å²) in [7, 11) is 2.05. The molecule has 0 saturated carbocycles. The third-order valence-corrected chi connectivity index (χ3v) is 4.37. The van der Waals surface area contributed by atoms with Gasteiger partial charge in [-0.05, 0) is 44.0 Å². The van der Waals surface area contributed by atoms with Crippen LogP contribution in [0.2, 0.25) is 0 Å². The molecule has 100 valence electrons. The van der Waals surface area contributed by atoms with Crippen molar-refractivity contribution in [2.75, 3.05) is 13.6 Å². The van der Waals surface area contributed by atoms with Gasteiger partial charge in [-0.15, -0.1) is 0 Å². The summed E-state index contributed by atoms with van der Waals surface area (Å²) in [4.78, 5) is 2.49. The van der Waals surface area contributed by atoms with E-state index in [4.69, 9.17) is 0 Å². The van der Waals surface area contributed by atoms with Gasteiger partial charge in [0.2, 0.25) is 0 Å². The standard InChI is InChI=1S/C15H23FN2/c1-11-12(2)18(9-8-15(11)17-3)10-13-4-6-14(16)7-5-13/h4-7,11-12,15,17H,8-10H2,1-3H3. The molecule has 1 aliphatic rings. The average molecular weight is 250 g/mol. The highest BCUT2D eigenvalue weighted by atomic mass is 19.1. The Labute approximate surface area is 109 Å². The molecule has 2 rings (SSSR count). The van der Waals surface area contributed by atoms with Crippen LogP contribution in [0.15, 0.2) is 24.3 Å². The lowest BCUT2D eigenvalue weighted by atomic mass is 9.87. The third kappa shape index (κ3) is 2.90. The molecule has 0 radical (unpaired) electrons. The van der Waals surface area contributed by atoms with E-state index in [-0.39, 0.29) is 5.82 Å². The Morgan fingerprint density at radius 3 is 2.56 bits per heavy atom. The van der Waals surface area contributed by atoms with E-state index >= 15 is 0 Å². The number of hydrogen-bond donors (Lipinski definition) is 1. The minimum atomic E-state index is -0.158. The quantitative estimate of drug-likeness (QED) is 0.887. The van der Waals surface area contributed by atoms with Crippen LogP contribution < -0.4 is 5.32 Å². The molecular formula is C15H23FN2. The molecule has 0 bridgehead atoms. The van der Waals surface area contributed by atoms with Crippen molar-refractivity contribution in [3.05, 3.63) is 35.6 Å². The average Bonchev–Trinajstić information content (AvgIpc) is 2.38. The Balaban J connectivity index is 2.00. The lowest BCUT2D eigenvalue weighted by Crippen LogP contribution is -2.52. The van der Waals surface area contributed by atoms with E-state index in [0.29, 0.717) is 18.0 Å². The number of halogens is 1. The number of benzene rings is 1. The fourth-order valence-corrected chi connectivity index (χ4v) is 2.89. The lowest BCUT2D eigenvalue weighted by molar-refractivity contribution is 0.0811. The van der Waals surface area contributed by atoms with Crippen LogP contribution >= 0.6 is 0 Å². The minimum absolute atomic E-state index is 0.158. The zero-order valence-electron chi connectivity index (χ0n) is 11.5. The Hall–Kier alpha value is -0.930. The third-order valence-electron chi connectivity index (χ3n) is 4.37. The smallest absolute Gasteiger partial charge is 0.123 e. The molecule has 1 fully saturated rings. The summed E-state index contributed by atoms with van der Waals surface area (Å²) >= 11 is 0. The van der Waals surface area contributed by atoms with Crippen molar-refractivity contribution in [2.45, 2.75) is 38.9 Å². The number of likely N-dealkylation sites (tertiary alicyclic amines) is 1. The molecule has 3 atom stereocenters. The molecule has 0 amide bonds. The van der Waals surface area contributed by atoms with Crippen LogP contribution in [0.3, 0.4) is 0 Å². The van der Waals surface area contributed by atoms with Gasteiger partial charge >= 0.3 is 0 Å². The van der Waals surface area contributed by atoms with Crippen molar-refractivity contribution in [1.82, 2.24) is 10.2 Å². The largest absolute Gasteiger partial charge is 0.317 e. The molecular weight excluding hydrogens is 227 g/mol. The number of nitrogens with zero attached hydrogens (tertiary/aromatic N) is 1. The van der Waals surface area contributed by atoms with Gasteiger partial charge in [0.25, 0.3) is 0 Å². The van der Waals surface area contributed by atoms with Crippen LogP contribution in [0.4, 0.5) is 4.39 Å². The zero-order valence-corrected chi connectivity index (χ0v) is 11.5. The van der Waals surface area contributed by atoms with Gasteiger partial charge in [0, 0.05) is 25.2 Å². The number of rotatable bonds is 3. The summed E-state index contributed by atoms with van der Waals surface area (Å²) in [5.41, 5.74) is 1.19. The molecule has 1 aliphatic heterocycles. The van der Waals surface area contributed by atoms with Gasteiger partial charge in [0.1, 0.15) is 5.82 Å². The van der Waals surface area contributed by atoms with Crippen LogP contribution in [-0.4, -0.2) is 30.6 Å². The second-order valence-electron chi connectivity index (χ2n) is 5.38. The van der Waals surface area contributed by atoms with E-state index in [9.17, 15) is 4.39 Å². The Morgan fingerprint density at radius 1 is 1.28 bits per heavy atom. The highest BCUT2D eigenvalue weighted by Gasteiger charge is 2.31. The Bertz CT molecular complexity index is 377. The molecule has 2 nitrogen and oxygen atoms in total. The topological polar surface area (TPSA) is 15.3 Å². The van der Waals surface area contributed by atoms with Crippen molar-refractivity contribution >= 4 is 0 Å². The van der Waals surface area contributed by atoms with Crippen LogP contribution in [-0.2, 0) is 6.54 Å². The summed E-state index contributed by atoms with van der Waals surface area (Å²) in [6.45, 7) is 6.62. The summed E-state index contributed by atoms with van der Waals surface area (Å²) in [5.74, 6) is 0.484. The highest BCUT2D eigenvalue weighted by Crippen LogP contribution is 2.25. The normalized spacial score (nSPS) is 29.4. The van der Waals surface area contributed by atoms with Gasteiger partial charge in [0.15, 0.2) is 0 Å². The first-order valence-electron chi connectivity index (χ1n) is 6.77. The van der Waals surface area contributed by atoms with Gasteiger partial charge in [-0.1, -0.05) is 19.1 Å². The molecule has 0 aromatic heterocycles. The molecule has 1 N–H and O–H groups in total. The van der Waals surface area contributed by atoms with E-state index in [1.54, 1.807) is 12.1 Å². The monoisotopic (exact) mass is 250 g/mol. The summed E-state index contributed by atoms with van der Waals surface area (Å²) in [6.07, 6.45) is 1.18. The van der Waals surface area contributed by atoms with Crippen LogP contribution in [0.5, 0.6) is 0 Å². The summed E-state index contributed by atoms with van der Waals surface area (Å²) < 4.78 is 12.9. The molecule has 3 heteroatoms. The van der Waals surface area contributed by atoms with E-state index < -0.39 is 0 Å². The lowest BCUT2D eigenvalue weighted by Gasteiger charge is -2.42. The van der Waals surface area contributed by atoms with Crippen molar-refractivity contribution < 1.29 is 4.39 Å². The van der Waals surface area contributed by atoms with Gasteiger partial charge in [-0.3, -0.25) is 4.90 Å². The maximum Gasteiger partial charge on any atom is 0.123 e. The van der Waals surface area contributed by atoms with Crippen LogP contribution in [0.1, 0.15) is 25.8 Å². The van der Waals surface area contributed by atoms with Gasteiger partial charge in [-0.2, -0.15) is 0 Å². The van der Waals surface area contributed by atoms with Crippen molar-refractivity contribution in [1.29, 1.82) is 0 Å². The molecule has 1 saturated heterocycles. The molecule has 1 aromatic carbocycles. The van der Waals surface area contributed by atoms with E-state index in [1.165, 1.54) is 12.0 Å². The van der Waals surface area contributed by atoms with Crippen LogP contribution in [0, 0.1) is 11.7 Å². The molecule has 0 spiro atoms. The van der Waals surface area contributed by atoms with Crippen molar-refractivity contribution in [3.63, 3.8) is 0 Å². The molecule has 18 heavy (non-hydrogen) atoms. The van der Waals surface area contributed by atoms with Gasteiger partial charge in [-0.25, -0.2) is 4.39 Å². The van der Waals surface area contributed by atoms with Crippen molar-refractivity contribution in [3.8, 4) is 0 Å². The predicted octanol–water partition coefficient (Wildman–Crippen LogP) is 2.64. The maximum absolute atomic E-state index is 12.9. The number of piperidine rings is 1. The highest BCUT2D eigenvalue weighted by molar-refractivity contribution is 5.16. The minimum Gasteiger partial charge on any atom is -0.317 e. The number of nitrogens with one attached hydrogen (secondary N) is 1. The Kier molecular flexibility index (Phi) is 4.36. The zero-order chi connectivity index (χ0) is 13.1. The van der Waals surface area contributed by atoms with Gasteiger partial charge in [0.05, 0.1) is 0 Å². The van der Waals surface area contributed by atoms with Crippen molar-refractivity contribution in [2.24, 2.45) is 5.92 Å². The second-order valence-corrected chi connectivity index (χ2v) is 5.38. The summed E-state index contributed by atoms with van der Waals surface area (Å²) in [6, 6.07) is 8.03. The van der Waals surface area contributed by atoms with Crippen LogP contribution in [0.25, 0.3) is 0 Å². The summed E-state index contributed by atoms with van der Waals surface area (Å²) in [5, 5.41) is 3.40. The van der Waals surface area contributed by atoms with Gasteiger partial charge < -0.3 is 5.32 Å². The molecule has 3 unspecified atom stereocenters. The molecule has 0 aliphatic carbocycles. The molecule has 1 aromatic rings. The SMILES string of the molecule is CNC1CCN(Cc2ccc(F)cc2)C(C)C1C. The first kappa shape index (κ1) is 13.5. The molecule has 1 heterocycles. The van der Waals surface area contributed by atoms with E-state index in [2.05, 4.69) is 24.1 Å². The fraction of sp³-hybridized carbons (Fsp3) is 0.600. The van der Waals surface area contributed by atoms with E-state index in [0.717, 1.165) is 13.1 Å². The van der Waals surface area contributed by atoms with E-state index in [1.807, 2.05) is 19.2 Å². The Morgan fingerprint density at radius 2 is 1.94 bits per heavy atom. The fourth-order valence-electron chi connectivity index (χ4n) is 2.89.